The van der Waals surface area contributed by atoms with E-state index in [1.807, 2.05) is 54.6 Å². The number of piperidine rings is 1. The van der Waals surface area contributed by atoms with Crippen LogP contribution in [0.1, 0.15) is 31.2 Å². The third-order valence-electron chi connectivity index (χ3n) is 5.56. The summed E-state index contributed by atoms with van der Waals surface area (Å²) in [5.41, 5.74) is 0.960. The number of nitrogens with zero attached hydrogens (tertiary/aromatic N) is 1. The Morgan fingerprint density at radius 2 is 1.81 bits per heavy atom. The van der Waals surface area contributed by atoms with E-state index >= 15 is 0 Å². The monoisotopic (exact) mass is 365 g/mol. The molecule has 0 radical (unpaired) electrons. The lowest BCUT2D eigenvalue weighted by molar-refractivity contribution is 0.179. The van der Waals surface area contributed by atoms with Crippen LogP contribution in [0.25, 0.3) is 0 Å². The second-order valence-corrected chi connectivity index (χ2v) is 7.34. The summed E-state index contributed by atoms with van der Waals surface area (Å²) in [5, 5.41) is 6.18. The standard InChI is InChI=1S/C22H27N3O2/c26-22(24-19-13-15-25-14-7-6-11-20(19)25)23-16-17-8-4-5-12-21(17)27-18-9-2-1-3-10-18/h1-5,8-10,12,19-20H,6-7,11,13-16H2,(H2,23,24,26). The van der Waals surface area contributed by atoms with Gasteiger partial charge in [-0.05, 0) is 44.0 Å². The summed E-state index contributed by atoms with van der Waals surface area (Å²) in [4.78, 5) is 15.0. The number of hydrogen-bond acceptors (Lipinski definition) is 3. The molecular weight excluding hydrogens is 338 g/mol. The van der Waals surface area contributed by atoms with Crippen LogP contribution in [0.5, 0.6) is 11.5 Å². The fourth-order valence-electron chi connectivity index (χ4n) is 4.18. The molecule has 2 atom stereocenters. The average Bonchev–Trinajstić information content (AvgIpc) is 3.11. The van der Waals surface area contributed by atoms with Crippen molar-refractivity contribution in [3.63, 3.8) is 0 Å². The number of fused-ring (bicyclic) bond motifs is 1. The first-order valence-electron chi connectivity index (χ1n) is 9.89. The molecule has 2 aromatic carbocycles. The zero-order valence-corrected chi connectivity index (χ0v) is 15.6. The van der Waals surface area contributed by atoms with Gasteiger partial charge in [-0.1, -0.05) is 42.8 Å². The van der Waals surface area contributed by atoms with Crippen molar-refractivity contribution in [2.75, 3.05) is 13.1 Å². The van der Waals surface area contributed by atoms with E-state index in [0.717, 1.165) is 30.0 Å². The third kappa shape index (κ3) is 4.42. The Kier molecular flexibility index (Phi) is 5.58. The zero-order valence-electron chi connectivity index (χ0n) is 15.6. The molecule has 2 N–H and O–H groups in total. The molecule has 2 saturated heterocycles. The summed E-state index contributed by atoms with van der Waals surface area (Å²) in [6.45, 7) is 2.72. The average molecular weight is 365 g/mol. The quantitative estimate of drug-likeness (QED) is 0.845. The van der Waals surface area contributed by atoms with Crippen LogP contribution in [0.3, 0.4) is 0 Å². The van der Waals surface area contributed by atoms with Gasteiger partial charge in [-0.3, -0.25) is 4.90 Å². The highest BCUT2D eigenvalue weighted by Gasteiger charge is 2.36. The molecule has 2 fully saturated rings. The number of ether oxygens (including phenoxy) is 1. The van der Waals surface area contributed by atoms with Gasteiger partial charge in [0.2, 0.25) is 0 Å². The molecule has 2 heterocycles. The molecule has 0 aromatic heterocycles. The van der Waals surface area contributed by atoms with Gasteiger partial charge in [-0.25, -0.2) is 4.79 Å². The molecule has 5 heteroatoms. The lowest BCUT2D eigenvalue weighted by atomic mass is 9.99. The Morgan fingerprint density at radius 3 is 2.70 bits per heavy atom. The lowest BCUT2D eigenvalue weighted by Gasteiger charge is -2.32. The molecule has 2 aliphatic rings. The molecule has 2 unspecified atom stereocenters. The van der Waals surface area contributed by atoms with Gasteiger partial charge < -0.3 is 15.4 Å². The fourth-order valence-corrected chi connectivity index (χ4v) is 4.18. The van der Waals surface area contributed by atoms with Gasteiger partial charge in [0.25, 0.3) is 0 Å². The summed E-state index contributed by atoms with van der Waals surface area (Å²) < 4.78 is 5.97. The van der Waals surface area contributed by atoms with Crippen LogP contribution in [0.2, 0.25) is 0 Å². The molecule has 27 heavy (non-hydrogen) atoms. The summed E-state index contributed by atoms with van der Waals surface area (Å²) in [5.74, 6) is 1.56. The van der Waals surface area contributed by atoms with Gasteiger partial charge in [0.15, 0.2) is 0 Å². The number of rotatable bonds is 5. The van der Waals surface area contributed by atoms with Gasteiger partial charge in [0.1, 0.15) is 11.5 Å². The molecule has 142 valence electrons. The Morgan fingerprint density at radius 1 is 1.00 bits per heavy atom. The maximum atomic E-state index is 12.4. The van der Waals surface area contributed by atoms with E-state index in [2.05, 4.69) is 15.5 Å². The third-order valence-corrected chi connectivity index (χ3v) is 5.56. The number of amides is 2. The van der Waals surface area contributed by atoms with Gasteiger partial charge in [0, 0.05) is 30.7 Å². The van der Waals surface area contributed by atoms with Crippen LogP contribution in [-0.4, -0.2) is 36.1 Å². The number of benzene rings is 2. The highest BCUT2D eigenvalue weighted by molar-refractivity contribution is 5.74. The molecule has 5 nitrogen and oxygen atoms in total. The number of para-hydroxylation sites is 2. The lowest BCUT2D eigenvalue weighted by Crippen LogP contribution is -2.49. The highest BCUT2D eigenvalue weighted by atomic mass is 16.5. The maximum absolute atomic E-state index is 12.4. The van der Waals surface area contributed by atoms with E-state index in [1.54, 1.807) is 0 Å². The molecule has 2 aliphatic heterocycles. The van der Waals surface area contributed by atoms with E-state index in [9.17, 15) is 4.79 Å². The maximum Gasteiger partial charge on any atom is 0.315 e. The zero-order chi connectivity index (χ0) is 18.5. The first kappa shape index (κ1) is 17.9. The van der Waals surface area contributed by atoms with Crippen molar-refractivity contribution in [2.45, 2.75) is 44.3 Å². The molecule has 0 aliphatic carbocycles. The smallest absolute Gasteiger partial charge is 0.315 e. The molecule has 0 saturated carbocycles. The summed E-state index contributed by atoms with van der Waals surface area (Å²) in [6.07, 6.45) is 4.79. The van der Waals surface area contributed by atoms with Crippen LogP contribution >= 0.6 is 0 Å². The minimum absolute atomic E-state index is 0.0954. The molecule has 2 aromatic rings. The first-order chi connectivity index (χ1) is 13.3. The number of carbonyl (C=O) groups is 1. The Balaban J connectivity index is 1.33. The van der Waals surface area contributed by atoms with Crippen molar-refractivity contribution in [2.24, 2.45) is 0 Å². The number of hydrogen-bond donors (Lipinski definition) is 2. The van der Waals surface area contributed by atoms with Crippen molar-refractivity contribution in [1.29, 1.82) is 0 Å². The van der Waals surface area contributed by atoms with Crippen LogP contribution in [0.4, 0.5) is 4.79 Å². The SMILES string of the molecule is O=C(NCc1ccccc1Oc1ccccc1)NC1CCN2CCCCC12. The molecule has 0 spiro atoms. The predicted octanol–water partition coefficient (Wildman–Crippen LogP) is 3.90. The van der Waals surface area contributed by atoms with Crippen LogP contribution < -0.4 is 15.4 Å². The summed E-state index contributed by atoms with van der Waals surface area (Å²) in [7, 11) is 0. The minimum atomic E-state index is -0.0954. The molecule has 0 bridgehead atoms. The van der Waals surface area contributed by atoms with Gasteiger partial charge in [0.05, 0.1) is 0 Å². The van der Waals surface area contributed by atoms with E-state index in [0.29, 0.717) is 12.6 Å². The van der Waals surface area contributed by atoms with Crippen molar-refractivity contribution in [3.05, 3.63) is 60.2 Å². The normalized spacial score (nSPS) is 22.1. The minimum Gasteiger partial charge on any atom is -0.457 e. The second kappa shape index (κ2) is 8.44. The molecule has 2 amide bonds. The van der Waals surface area contributed by atoms with Gasteiger partial charge >= 0.3 is 6.03 Å². The number of urea groups is 1. The Labute approximate surface area is 160 Å². The fraction of sp³-hybridized carbons (Fsp3) is 0.409. The van der Waals surface area contributed by atoms with Crippen molar-refractivity contribution in [3.8, 4) is 11.5 Å². The van der Waals surface area contributed by atoms with E-state index in [4.69, 9.17) is 4.74 Å². The van der Waals surface area contributed by atoms with Crippen molar-refractivity contribution in [1.82, 2.24) is 15.5 Å². The van der Waals surface area contributed by atoms with Crippen LogP contribution in [0.15, 0.2) is 54.6 Å². The number of carbonyl (C=O) groups excluding carboxylic acids is 1. The van der Waals surface area contributed by atoms with Crippen LogP contribution in [0, 0.1) is 0 Å². The largest absolute Gasteiger partial charge is 0.457 e. The first-order valence-corrected chi connectivity index (χ1v) is 9.89. The van der Waals surface area contributed by atoms with Gasteiger partial charge in [-0.15, -0.1) is 0 Å². The highest BCUT2D eigenvalue weighted by Crippen LogP contribution is 2.27. The van der Waals surface area contributed by atoms with E-state index in [-0.39, 0.29) is 12.1 Å². The van der Waals surface area contributed by atoms with E-state index in [1.165, 1.54) is 25.8 Å². The summed E-state index contributed by atoms with van der Waals surface area (Å²) >= 11 is 0. The van der Waals surface area contributed by atoms with E-state index < -0.39 is 0 Å². The Hall–Kier alpha value is -2.53. The topological polar surface area (TPSA) is 53.6 Å². The summed E-state index contributed by atoms with van der Waals surface area (Å²) in [6, 6.07) is 18.2. The molecular formula is C22H27N3O2. The molecule has 4 rings (SSSR count). The number of nitrogens with one attached hydrogen (secondary N) is 2. The van der Waals surface area contributed by atoms with Crippen LogP contribution in [-0.2, 0) is 6.54 Å². The Bertz CT molecular complexity index is 765. The van der Waals surface area contributed by atoms with Crippen molar-refractivity contribution < 1.29 is 9.53 Å². The van der Waals surface area contributed by atoms with Crippen molar-refractivity contribution >= 4 is 6.03 Å². The second-order valence-electron chi connectivity index (χ2n) is 7.34. The predicted molar refractivity (Wildman–Crippen MR) is 106 cm³/mol. The van der Waals surface area contributed by atoms with Gasteiger partial charge in [-0.2, -0.15) is 0 Å².